The van der Waals surface area contributed by atoms with Gasteiger partial charge in [-0.25, -0.2) is 4.79 Å². The molecule has 0 bridgehead atoms. The molecule has 0 saturated heterocycles. The number of benzene rings is 2. The van der Waals surface area contributed by atoms with E-state index in [1.165, 1.54) is 18.3 Å². The summed E-state index contributed by atoms with van der Waals surface area (Å²) in [7, 11) is 0. The zero-order valence-electron chi connectivity index (χ0n) is 12.0. The molecule has 114 valence electrons. The highest BCUT2D eigenvalue weighted by Crippen LogP contribution is 2.14. The molecule has 0 atom stereocenters. The van der Waals surface area contributed by atoms with Crippen LogP contribution in [0.4, 0.5) is 5.69 Å². The number of rotatable bonds is 4. The fraction of sp³-hybridized carbons (Fsp3) is 0. The molecule has 0 unspecified atom stereocenters. The molecule has 2 aromatic carbocycles. The maximum absolute atomic E-state index is 12.1. The number of allylic oxidation sites excluding steroid dienone is 1. The van der Waals surface area contributed by atoms with E-state index in [0.717, 1.165) is 5.69 Å². The molecule has 0 aliphatic carbocycles. The summed E-state index contributed by atoms with van der Waals surface area (Å²) < 4.78 is 5.15. The third kappa shape index (κ3) is 3.49. The third-order valence-corrected chi connectivity index (χ3v) is 3.49. The van der Waals surface area contributed by atoms with Gasteiger partial charge in [-0.3, -0.25) is 4.79 Å². The van der Waals surface area contributed by atoms with E-state index in [2.05, 4.69) is 5.32 Å². The predicted molar refractivity (Wildman–Crippen MR) is 91.0 cm³/mol. The fourth-order valence-electron chi connectivity index (χ4n) is 2.08. The summed E-state index contributed by atoms with van der Waals surface area (Å²) in [5, 5.41) is 4.27. The Morgan fingerprint density at radius 2 is 1.83 bits per heavy atom. The minimum absolute atomic E-state index is 0.00199. The molecule has 1 N–H and O–H groups in total. The zero-order chi connectivity index (χ0) is 16.2. The highest BCUT2D eigenvalue weighted by atomic mass is 35.5. The van der Waals surface area contributed by atoms with Crippen molar-refractivity contribution in [2.75, 3.05) is 5.32 Å². The van der Waals surface area contributed by atoms with Crippen molar-refractivity contribution in [3.8, 4) is 0 Å². The largest absolute Gasteiger partial charge is 0.422 e. The number of fused-ring (bicyclic) bond motifs is 1. The molecule has 3 rings (SSSR count). The molecule has 0 aliphatic rings. The number of hydrogen-bond donors (Lipinski definition) is 1. The van der Waals surface area contributed by atoms with E-state index in [1.807, 2.05) is 6.07 Å². The van der Waals surface area contributed by atoms with E-state index in [0.29, 0.717) is 16.0 Å². The monoisotopic (exact) mass is 325 g/mol. The minimum atomic E-state index is -0.648. The highest BCUT2D eigenvalue weighted by molar-refractivity contribution is 6.30. The normalized spacial score (nSPS) is 11.0. The van der Waals surface area contributed by atoms with Crippen molar-refractivity contribution in [1.29, 1.82) is 0 Å². The van der Waals surface area contributed by atoms with E-state index in [4.69, 9.17) is 16.0 Å². The summed E-state index contributed by atoms with van der Waals surface area (Å²) in [6.45, 7) is 0. The van der Waals surface area contributed by atoms with Crippen molar-refractivity contribution < 1.29 is 9.21 Å². The molecule has 23 heavy (non-hydrogen) atoms. The second-order valence-corrected chi connectivity index (χ2v) is 5.27. The number of carbonyl (C=O) groups excluding carboxylic acids is 1. The smallest absolute Gasteiger partial charge is 0.347 e. The lowest BCUT2D eigenvalue weighted by Gasteiger charge is -2.01. The molecule has 5 heteroatoms. The minimum Gasteiger partial charge on any atom is -0.422 e. The van der Waals surface area contributed by atoms with Gasteiger partial charge in [-0.15, -0.1) is 0 Å². The number of nitrogens with one attached hydrogen (secondary N) is 1. The van der Waals surface area contributed by atoms with Crippen LogP contribution >= 0.6 is 11.6 Å². The summed E-state index contributed by atoms with van der Waals surface area (Å²) in [6, 6.07) is 15.6. The molecule has 0 saturated carbocycles. The number of hydrogen-bond acceptors (Lipinski definition) is 4. The molecule has 0 fully saturated rings. The highest BCUT2D eigenvalue weighted by Gasteiger charge is 2.10. The molecule has 0 amide bonds. The first-order valence-corrected chi connectivity index (χ1v) is 7.27. The van der Waals surface area contributed by atoms with Gasteiger partial charge in [0.1, 0.15) is 11.1 Å². The Hall–Kier alpha value is -2.85. The maximum Gasteiger partial charge on any atom is 0.347 e. The van der Waals surface area contributed by atoms with Crippen molar-refractivity contribution >= 4 is 34.0 Å². The molecule has 0 aliphatic heterocycles. The Morgan fingerprint density at radius 1 is 1.09 bits per heavy atom. The Labute approximate surface area is 137 Å². The number of anilines is 1. The van der Waals surface area contributed by atoms with Crippen LogP contribution in [0.2, 0.25) is 5.02 Å². The van der Waals surface area contributed by atoms with Crippen LogP contribution in [0.5, 0.6) is 0 Å². The van der Waals surface area contributed by atoms with Crippen molar-refractivity contribution in [1.82, 2.24) is 0 Å². The van der Waals surface area contributed by atoms with Crippen molar-refractivity contribution in [2.24, 2.45) is 0 Å². The van der Waals surface area contributed by atoms with Crippen LogP contribution in [-0.2, 0) is 0 Å². The second kappa shape index (κ2) is 6.50. The van der Waals surface area contributed by atoms with Gasteiger partial charge < -0.3 is 9.73 Å². The van der Waals surface area contributed by atoms with Gasteiger partial charge in [0.15, 0.2) is 5.78 Å². The van der Waals surface area contributed by atoms with Gasteiger partial charge in [0, 0.05) is 28.4 Å². The Morgan fingerprint density at radius 3 is 2.61 bits per heavy atom. The van der Waals surface area contributed by atoms with Gasteiger partial charge in [-0.05, 0) is 36.4 Å². The van der Waals surface area contributed by atoms with Crippen LogP contribution in [-0.4, -0.2) is 5.78 Å². The maximum atomic E-state index is 12.1. The number of carbonyl (C=O) groups is 1. The Bertz CT molecular complexity index is 942. The summed E-state index contributed by atoms with van der Waals surface area (Å²) in [5.41, 5.74) is 0.587. The SMILES string of the molecule is O=C(/C=C/Nc1ccc(Cl)cc1)c1cc2ccccc2oc1=O. The molecular weight excluding hydrogens is 314 g/mol. The van der Waals surface area contributed by atoms with E-state index >= 15 is 0 Å². The number of para-hydroxylation sites is 1. The van der Waals surface area contributed by atoms with Gasteiger partial charge in [0.2, 0.25) is 0 Å². The van der Waals surface area contributed by atoms with E-state index in [9.17, 15) is 9.59 Å². The second-order valence-electron chi connectivity index (χ2n) is 4.83. The van der Waals surface area contributed by atoms with E-state index < -0.39 is 11.4 Å². The molecular formula is C18H12ClNO3. The van der Waals surface area contributed by atoms with Crippen LogP contribution in [0, 0.1) is 0 Å². The first-order valence-electron chi connectivity index (χ1n) is 6.89. The topological polar surface area (TPSA) is 59.3 Å². The Balaban J connectivity index is 1.80. The predicted octanol–water partition coefficient (Wildman–Crippen LogP) is 4.25. The summed E-state index contributed by atoms with van der Waals surface area (Å²) in [6.07, 6.45) is 2.76. The lowest BCUT2D eigenvalue weighted by molar-refractivity contribution is 0.104. The fourth-order valence-corrected chi connectivity index (χ4v) is 2.21. The molecule has 3 aromatic rings. The molecule has 4 nitrogen and oxygen atoms in total. The number of ketones is 1. The quantitative estimate of drug-likeness (QED) is 0.442. The zero-order valence-corrected chi connectivity index (χ0v) is 12.7. The van der Waals surface area contributed by atoms with Crippen LogP contribution in [0.3, 0.4) is 0 Å². The molecule has 1 heterocycles. The van der Waals surface area contributed by atoms with Gasteiger partial charge in [0.05, 0.1) is 0 Å². The van der Waals surface area contributed by atoms with Crippen LogP contribution < -0.4 is 10.9 Å². The molecule has 0 radical (unpaired) electrons. The first kappa shape index (κ1) is 15.1. The average Bonchev–Trinajstić information content (AvgIpc) is 2.56. The van der Waals surface area contributed by atoms with Crippen LogP contribution in [0.1, 0.15) is 10.4 Å². The van der Waals surface area contributed by atoms with Crippen molar-refractivity contribution in [3.63, 3.8) is 0 Å². The summed E-state index contributed by atoms with van der Waals surface area (Å²) >= 11 is 5.80. The summed E-state index contributed by atoms with van der Waals surface area (Å²) in [5.74, 6) is -0.425. The van der Waals surface area contributed by atoms with E-state index in [-0.39, 0.29) is 5.56 Å². The standard InChI is InChI=1S/C18H12ClNO3/c19-13-5-7-14(8-6-13)20-10-9-16(21)15-11-12-3-1-2-4-17(12)23-18(15)22/h1-11,20H/b10-9+. The van der Waals surface area contributed by atoms with Gasteiger partial charge in [-0.2, -0.15) is 0 Å². The number of halogens is 1. The third-order valence-electron chi connectivity index (χ3n) is 3.24. The first-order chi connectivity index (χ1) is 11.1. The molecule has 0 spiro atoms. The van der Waals surface area contributed by atoms with Gasteiger partial charge in [-0.1, -0.05) is 29.8 Å². The lowest BCUT2D eigenvalue weighted by Crippen LogP contribution is -2.12. The van der Waals surface area contributed by atoms with Gasteiger partial charge in [0.25, 0.3) is 0 Å². The van der Waals surface area contributed by atoms with Crippen LogP contribution in [0.25, 0.3) is 11.0 Å². The van der Waals surface area contributed by atoms with Crippen molar-refractivity contribution in [2.45, 2.75) is 0 Å². The Kier molecular flexibility index (Phi) is 4.26. The van der Waals surface area contributed by atoms with E-state index in [1.54, 1.807) is 42.5 Å². The molecule has 1 aromatic heterocycles. The average molecular weight is 326 g/mol. The van der Waals surface area contributed by atoms with Gasteiger partial charge >= 0.3 is 5.63 Å². The summed E-state index contributed by atoms with van der Waals surface area (Å²) in [4.78, 5) is 24.0. The van der Waals surface area contributed by atoms with Crippen LogP contribution in [0.15, 0.2) is 76.1 Å². The lowest BCUT2D eigenvalue weighted by atomic mass is 10.1. The van der Waals surface area contributed by atoms with Crippen molar-refractivity contribution in [3.05, 3.63) is 87.9 Å².